The van der Waals surface area contributed by atoms with Crippen LogP contribution >= 0.6 is 0 Å². The molecule has 1 rings (SSSR count). The Morgan fingerprint density at radius 1 is 1.29 bits per heavy atom. The summed E-state index contributed by atoms with van der Waals surface area (Å²) in [4.78, 5) is 25.1. The maximum Gasteiger partial charge on any atom is 0.173 e. The quantitative estimate of drug-likeness (QED) is 0.468. The van der Waals surface area contributed by atoms with Crippen molar-refractivity contribution in [1.82, 2.24) is 4.90 Å². The van der Waals surface area contributed by atoms with E-state index in [2.05, 4.69) is 0 Å². The van der Waals surface area contributed by atoms with E-state index in [1.165, 1.54) is 0 Å². The molecule has 0 spiro atoms. The average Bonchev–Trinajstić information content (AvgIpc) is 2.06. The summed E-state index contributed by atoms with van der Waals surface area (Å²) in [5, 5.41) is 0. The number of rotatable bonds is 1. The van der Waals surface area contributed by atoms with E-state index in [1.54, 1.807) is 11.1 Å². The third-order valence-electron chi connectivity index (χ3n) is 2.52. The summed E-state index contributed by atoms with van der Waals surface area (Å²) in [5.41, 5.74) is -0.0262. The van der Waals surface area contributed by atoms with Crippen LogP contribution in [-0.2, 0) is 9.59 Å². The number of Topliss-reactive ketones (excluding diaryl/α,β-unsaturated/α-hetero) is 2. The zero-order valence-corrected chi connectivity index (χ0v) is 9.26. The molecule has 0 aliphatic heterocycles. The number of carbonyl (C=O) groups is 2. The van der Waals surface area contributed by atoms with Gasteiger partial charge in [0.1, 0.15) is 0 Å². The van der Waals surface area contributed by atoms with Crippen molar-refractivity contribution in [3.05, 3.63) is 11.8 Å². The summed E-state index contributed by atoms with van der Waals surface area (Å²) < 4.78 is 0. The topological polar surface area (TPSA) is 37.4 Å². The molecule has 0 aromatic rings. The first-order chi connectivity index (χ1) is 6.34. The first kappa shape index (κ1) is 11.0. The molecule has 78 valence electrons. The molecular weight excluding hydrogens is 178 g/mol. The van der Waals surface area contributed by atoms with Crippen LogP contribution in [0.1, 0.15) is 26.7 Å². The van der Waals surface area contributed by atoms with E-state index in [0.717, 1.165) is 0 Å². The Labute approximate surface area is 84.8 Å². The van der Waals surface area contributed by atoms with Gasteiger partial charge in [0.25, 0.3) is 0 Å². The lowest BCUT2D eigenvalue weighted by Gasteiger charge is -2.28. The fourth-order valence-corrected chi connectivity index (χ4v) is 1.55. The van der Waals surface area contributed by atoms with E-state index in [0.29, 0.717) is 18.4 Å². The van der Waals surface area contributed by atoms with E-state index < -0.39 is 0 Å². The molecule has 0 radical (unpaired) electrons. The lowest BCUT2D eigenvalue weighted by atomic mass is 9.73. The standard InChI is InChI=1S/C11H17NO2/c1-11(2)6-5-9(13)8(10(11)14)7-12(3)4/h7H,5-6H2,1-4H3/b8-7+. The first-order valence-electron chi connectivity index (χ1n) is 4.81. The van der Waals surface area contributed by atoms with Gasteiger partial charge in [-0.05, 0) is 6.42 Å². The minimum Gasteiger partial charge on any atom is -0.383 e. The van der Waals surface area contributed by atoms with Crippen LogP contribution in [0.3, 0.4) is 0 Å². The van der Waals surface area contributed by atoms with Crippen molar-refractivity contribution in [1.29, 1.82) is 0 Å². The summed E-state index contributed by atoms with van der Waals surface area (Å²) in [6.45, 7) is 3.79. The molecule has 14 heavy (non-hydrogen) atoms. The highest BCUT2D eigenvalue weighted by molar-refractivity contribution is 6.23. The number of carbonyl (C=O) groups excluding carboxylic acids is 2. The first-order valence-corrected chi connectivity index (χ1v) is 4.81. The molecule has 3 nitrogen and oxygen atoms in total. The molecule has 1 aliphatic rings. The molecule has 0 unspecified atom stereocenters. The Balaban J connectivity index is 3.02. The Morgan fingerprint density at radius 2 is 1.86 bits per heavy atom. The van der Waals surface area contributed by atoms with Crippen LogP contribution in [0.4, 0.5) is 0 Å². The molecule has 1 fully saturated rings. The smallest absolute Gasteiger partial charge is 0.173 e. The molecular formula is C11H17NO2. The van der Waals surface area contributed by atoms with Gasteiger partial charge >= 0.3 is 0 Å². The second-order valence-electron chi connectivity index (χ2n) is 4.64. The normalized spacial score (nSPS) is 24.1. The van der Waals surface area contributed by atoms with Crippen LogP contribution in [-0.4, -0.2) is 30.6 Å². The fraction of sp³-hybridized carbons (Fsp3) is 0.636. The Morgan fingerprint density at radius 3 is 2.36 bits per heavy atom. The summed E-state index contributed by atoms with van der Waals surface area (Å²) in [7, 11) is 3.63. The second-order valence-corrected chi connectivity index (χ2v) is 4.64. The highest BCUT2D eigenvalue weighted by Gasteiger charge is 2.38. The molecule has 0 N–H and O–H groups in total. The van der Waals surface area contributed by atoms with Crippen molar-refractivity contribution in [2.75, 3.05) is 14.1 Å². The van der Waals surface area contributed by atoms with Crippen LogP contribution in [0.25, 0.3) is 0 Å². The molecule has 3 heteroatoms. The molecule has 0 heterocycles. The summed E-state index contributed by atoms with van der Waals surface area (Å²) >= 11 is 0. The van der Waals surface area contributed by atoms with Gasteiger partial charge in [-0.25, -0.2) is 0 Å². The number of ketones is 2. The van der Waals surface area contributed by atoms with Gasteiger partial charge < -0.3 is 4.90 Å². The molecule has 0 bridgehead atoms. The van der Waals surface area contributed by atoms with Crippen LogP contribution in [0.5, 0.6) is 0 Å². The van der Waals surface area contributed by atoms with Gasteiger partial charge in [-0.15, -0.1) is 0 Å². The molecule has 1 saturated carbocycles. The van der Waals surface area contributed by atoms with E-state index >= 15 is 0 Å². The highest BCUT2D eigenvalue weighted by Crippen LogP contribution is 2.33. The van der Waals surface area contributed by atoms with E-state index in [1.807, 2.05) is 27.9 Å². The second kappa shape index (κ2) is 3.56. The van der Waals surface area contributed by atoms with Gasteiger partial charge in [0.05, 0.1) is 5.57 Å². The van der Waals surface area contributed by atoms with E-state index in [4.69, 9.17) is 0 Å². The molecule has 0 aromatic carbocycles. The van der Waals surface area contributed by atoms with Crippen molar-refractivity contribution >= 4 is 11.6 Å². The van der Waals surface area contributed by atoms with Crippen LogP contribution in [0.15, 0.2) is 11.8 Å². The highest BCUT2D eigenvalue weighted by atomic mass is 16.2. The van der Waals surface area contributed by atoms with Crippen molar-refractivity contribution in [3.63, 3.8) is 0 Å². The van der Waals surface area contributed by atoms with Crippen molar-refractivity contribution in [3.8, 4) is 0 Å². The van der Waals surface area contributed by atoms with Crippen molar-refractivity contribution < 1.29 is 9.59 Å². The third kappa shape index (κ3) is 2.03. The van der Waals surface area contributed by atoms with Crippen LogP contribution in [0.2, 0.25) is 0 Å². The predicted molar refractivity (Wildman–Crippen MR) is 54.8 cm³/mol. The van der Waals surface area contributed by atoms with Crippen molar-refractivity contribution in [2.45, 2.75) is 26.7 Å². The largest absolute Gasteiger partial charge is 0.383 e. The van der Waals surface area contributed by atoms with Gasteiger partial charge in [0.15, 0.2) is 11.6 Å². The fourth-order valence-electron chi connectivity index (χ4n) is 1.55. The van der Waals surface area contributed by atoms with Crippen LogP contribution in [0, 0.1) is 5.41 Å². The molecule has 0 amide bonds. The number of allylic oxidation sites excluding steroid dienone is 1. The molecule has 1 aliphatic carbocycles. The van der Waals surface area contributed by atoms with Crippen molar-refractivity contribution in [2.24, 2.45) is 5.41 Å². The lowest BCUT2D eigenvalue weighted by Crippen LogP contribution is -2.35. The maximum absolute atomic E-state index is 11.9. The van der Waals surface area contributed by atoms with Gasteiger partial charge in [-0.2, -0.15) is 0 Å². The van der Waals surface area contributed by atoms with Crippen LogP contribution < -0.4 is 0 Å². The average molecular weight is 195 g/mol. The van der Waals surface area contributed by atoms with E-state index in [9.17, 15) is 9.59 Å². The monoisotopic (exact) mass is 195 g/mol. The summed E-state index contributed by atoms with van der Waals surface area (Å²) in [5.74, 6) is -0.0505. The molecule has 0 aromatic heterocycles. The van der Waals surface area contributed by atoms with Gasteiger partial charge in [0.2, 0.25) is 0 Å². The number of hydrogen-bond acceptors (Lipinski definition) is 3. The minimum atomic E-state index is -0.379. The maximum atomic E-state index is 11.9. The summed E-state index contributed by atoms with van der Waals surface area (Å²) in [6.07, 6.45) is 2.78. The molecule has 0 saturated heterocycles. The number of hydrogen-bond donors (Lipinski definition) is 0. The van der Waals surface area contributed by atoms with Gasteiger partial charge in [-0.1, -0.05) is 13.8 Å². The Hall–Kier alpha value is -1.12. The van der Waals surface area contributed by atoms with Gasteiger partial charge in [0, 0.05) is 32.1 Å². The lowest BCUT2D eigenvalue weighted by molar-refractivity contribution is -0.130. The SMILES string of the molecule is CN(C)/C=C1\C(=O)CCC(C)(C)C1=O. The number of nitrogens with zero attached hydrogens (tertiary/aromatic N) is 1. The Kier molecular flexibility index (Phi) is 2.79. The summed E-state index contributed by atoms with van der Waals surface area (Å²) in [6, 6.07) is 0. The zero-order valence-electron chi connectivity index (χ0n) is 9.26. The predicted octanol–water partition coefficient (Wildman–Crippen LogP) is 1.39. The minimum absolute atomic E-state index is 0.0250. The van der Waals surface area contributed by atoms with E-state index in [-0.39, 0.29) is 17.0 Å². The molecule has 0 atom stereocenters. The van der Waals surface area contributed by atoms with Gasteiger partial charge in [-0.3, -0.25) is 9.59 Å². The zero-order chi connectivity index (χ0) is 10.9. The third-order valence-corrected chi connectivity index (χ3v) is 2.52. The Bertz CT molecular complexity index is 300.